The Kier molecular flexibility index (Phi) is 4.12. The van der Waals surface area contributed by atoms with Crippen molar-refractivity contribution in [2.45, 2.75) is 13.0 Å². The van der Waals surface area contributed by atoms with E-state index in [0.29, 0.717) is 12.2 Å². The van der Waals surface area contributed by atoms with E-state index in [1.807, 2.05) is 31.2 Å². The first-order valence-corrected chi connectivity index (χ1v) is 6.03. The number of carbonyl (C=O) groups excluding carboxylic acids is 1. The second-order valence-electron chi connectivity index (χ2n) is 4.02. The molecule has 1 unspecified atom stereocenters. The zero-order chi connectivity index (χ0) is 12.1. The molecular weight excluding hydrogens is 216 g/mol. The molecule has 17 heavy (non-hydrogen) atoms. The Morgan fingerprint density at radius 3 is 2.94 bits per heavy atom. The molecule has 1 saturated heterocycles. The molecule has 1 atom stereocenters. The average molecular weight is 234 g/mol. The summed E-state index contributed by atoms with van der Waals surface area (Å²) in [4.78, 5) is 11.8. The molecule has 92 valence electrons. The molecule has 0 bridgehead atoms. The van der Waals surface area contributed by atoms with Crippen LogP contribution in [0, 0.1) is 0 Å². The summed E-state index contributed by atoms with van der Waals surface area (Å²) in [5.74, 6) is -0.240. The Morgan fingerprint density at radius 1 is 1.41 bits per heavy atom. The smallest absolute Gasteiger partial charge is 0.338 e. The quantitative estimate of drug-likeness (QED) is 0.769. The highest BCUT2D eigenvalue weighted by Crippen LogP contribution is 2.19. The third-order valence-electron chi connectivity index (χ3n) is 2.87. The maximum absolute atomic E-state index is 11.8. The minimum Gasteiger partial charge on any atom is -0.462 e. The lowest BCUT2D eigenvalue weighted by Crippen LogP contribution is -2.43. The van der Waals surface area contributed by atoms with Gasteiger partial charge in [-0.3, -0.25) is 0 Å². The third-order valence-corrected chi connectivity index (χ3v) is 2.87. The molecule has 0 saturated carbocycles. The number of nitrogens with one attached hydrogen (secondary N) is 2. The fraction of sp³-hybridized carbons (Fsp3) is 0.462. The van der Waals surface area contributed by atoms with E-state index in [1.165, 1.54) is 0 Å². The standard InChI is InChI=1S/C13H18N2O2/c1-2-17-13(16)11-6-4-3-5-10(11)12-9-14-7-8-15-12/h3-6,12,14-15H,2,7-9H2,1H3. The predicted octanol–water partition coefficient (Wildman–Crippen LogP) is 1.10. The maximum atomic E-state index is 11.8. The van der Waals surface area contributed by atoms with Crippen molar-refractivity contribution in [3.8, 4) is 0 Å². The summed E-state index contributed by atoms with van der Waals surface area (Å²) >= 11 is 0. The van der Waals surface area contributed by atoms with Gasteiger partial charge in [0.25, 0.3) is 0 Å². The molecule has 0 amide bonds. The van der Waals surface area contributed by atoms with Crippen LogP contribution in [0.25, 0.3) is 0 Å². The van der Waals surface area contributed by atoms with Crippen LogP contribution < -0.4 is 10.6 Å². The number of benzene rings is 1. The lowest BCUT2D eigenvalue weighted by atomic mass is 9.99. The molecule has 1 aromatic carbocycles. The van der Waals surface area contributed by atoms with Crippen LogP contribution in [-0.4, -0.2) is 32.2 Å². The number of hydrogen-bond donors (Lipinski definition) is 2. The van der Waals surface area contributed by atoms with Crippen molar-refractivity contribution in [3.63, 3.8) is 0 Å². The summed E-state index contributed by atoms with van der Waals surface area (Å²) in [7, 11) is 0. The zero-order valence-electron chi connectivity index (χ0n) is 10.0. The lowest BCUT2D eigenvalue weighted by Gasteiger charge is -2.26. The molecule has 2 rings (SSSR count). The number of carbonyl (C=O) groups is 1. The van der Waals surface area contributed by atoms with Gasteiger partial charge in [0.05, 0.1) is 12.2 Å². The van der Waals surface area contributed by atoms with E-state index in [4.69, 9.17) is 4.74 Å². The van der Waals surface area contributed by atoms with Crippen molar-refractivity contribution in [2.75, 3.05) is 26.2 Å². The molecular formula is C13H18N2O2. The summed E-state index contributed by atoms with van der Waals surface area (Å²) in [6.07, 6.45) is 0. The van der Waals surface area contributed by atoms with Gasteiger partial charge in [-0.25, -0.2) is 4.79 Å². The largest absolute Gasteiger partial charge is 0.462 e. The van der Waals surface area contributed by atoms with Crippen molar-refractivity contribution < 1.29 is 9.53 Å². The number of rotatable bonds is 3. The van der Waals surface area contributed by atoms with Crippen LogP contribution >= 0.6 is 0 Å². The Bertz CT molecular complexity index is 387. The van der Waals surface area contributed by atoms with E-state index in [0.717, 1.165) is 25.2 Å². The highest BCUT2D eigenvalue weighted by molar-refractivity contribution is 5.91. The number of piperazine rings is 1. The van der Waals surface area contributed by atoms with Crippen LogP contribution in [0.2, 0.25) is 0 Å². The number of esters is 1. The minimum absolute atomic E-state index is 0.185. The van der Waals surface area contributed by atoms with Gasteiger partial charge >= 0.3 is 5.97 Å². The van der Waals surface area contributed by atoms with Crippen LogP contribution in [0.5, 0.6) is 0 Å². The van der Waals surface area contributed by atoms with E-state index < -0.39 is 0 Å². The van der Waals surface area contributed by atoms with Crippen LogP contribution in [0.3, 0.4) is 0 Å². The van der Waals surface area contributed by atoms with Crippen molar-refractivity contribution in [3.05, 3.63) is 35.4 Å². The molecule has 0 radical (unpaired) electrons. The third kappa shape index (κ3) is 2.84. The summed E-state index contributed by atoms with van der Waals surface area (Å²) in [5, 5.41) is 6.72. The molecule has 4 heteroatoms. The fourth-order valence-electron chi connectivity index (χ4n) is 2.07. The Morgan fingerprint density at radius 2 is 2.24 bits per heavy atom. The molecule has 1 aromatic rings. The van der Waals surface area contributed by atoms with Crippen molar-refractivity contribution in [1.29, 1.82) is 0 Å². The van der Waals surface area contributed by atoms with E-state index in [1.54, 1.807) is 0 Å². The Hall–Kier alpha value is -1.39. The second kappa shape index (κ2) is 5.80. The van der Waals surface area contributed by atoms with Gasteiger partial charge in [0.2, 0.25) is 0 Å². The molecule has 4 nitrogen and oxygen atoms in total. The zero-order valence-corrected chi connectivity index (χ0v) is 10.0. The molecule has 0 aromatic heterocycles. The highest BCUT2D eigenvalue weighted by atomic mass is 16.5. The first-order valence-electron chi connectivity index (χ1n) is 6.03. The van der Waals surface area contributed by atoms with Gasteiger partial charge < -0.3 is 15.4 Å². The molecule has 2 N–H and O–H groups in total. The van der Waals surface area contributed by atoms with Crippen molar-refractivity contribution >= 4 is 5.97 Å². The maximum Gasteiger partial charge on any atom is 0.338 e. The van der Waals surface area contributed by atoms with E-state index in [2.05, 4.69) is 10.6 Å². The summed E-state index contributed by atoms with van der Waals surface area (Å²) < 4.78 is 5.07. The molecule has 0 spiro atoms. The van der Waals surface area contributed by atoms with Crippen molar-refractivity contribution in [1.82, 2.24) is 10.6 Å². The predicted molar refractivity (Wildman–Crippen MR) is 66.0 cm³/mol. The SMILES string of the molecule is CCOC(=O)c1ccccc1C1CNCCN1. The Labute approximate surface area is 101 Å². The van der Waals surface area contributed by atoms with Gasteiger partial charge in [-0.1, -0.05) is 18.2 Å². The summed E-state index contributed by atoms with van der Waals surface area (Å²) in [6, 6.07) is 7.81. The first-order chi connectivity index (χ1) is 8.33. The highest BCUT2D eigenvalue weighted by Gasteiger charge is 2.20. The normalized spacial score (nSPS) is 19.9. The topological polar surface area (TPSA) is 50.4 Å². The van der Waals surface area contributed by atoms with Gasteiger partial charge in [0.15, 0.2) is 0 Å². The van der Waals surface area contributed by atoms with E-state index in [-0.39, 0.29) is 12.0 Å². The second-order valence-corrected chi connectivity index (χ2v) is 4.02. The van der Waals surface area contributed by atoms with Crippen molar-refractivity contribution in [2.24, 2.45) is 0 Å². The fourth-order valence-corrected chi connectivity index (χ4v) is 2.07. The molecule has 1 heterocycles. The number of ether oxygens (including phenoxy) is 1. The van der Waals surface area contributed by atoms with E-state index in [9.17, 15) is 4.79 Å². The van der Waals surface area contributed by atoms with E-state index >= 15 is 0 Å². The summed E-state index contributed by atoms with van der Waals surface area (Å²) in [5.41, 5.74) is 1.67. The van der Waals surface area contributed by atoms with Gasteiger partial charge in [-0.15, -0.1) is 0 Å². The minimum atomic E-state index is -0.240. The molecule has 1 aliphatic rings. The van der Waals surface area contributed by atoms with Gasteiger partial charge in [-0.05, 0) is 18.6 Å². The Balaban J connectivity index is 2.23. The van der Waals surface area contributed by atoms with Gasteiger partial charge in [-0.2, -0.15) is 0 Å². The lowest BCUT2D eigenvalue weighted by molar-refractivity contribution is 0.0524. The van der Waals surface area contributed by atoms with Crippen LogP contribution in [0.15, 0.2) is 24.3 Å². The van der Waals surface area contributed by atoms with Gasteiger partial charge in [0.1, 0.15) is 0 Å². The first kappa shape index (κ1) is 12.1. The average Bonchev–Trinajstić information content (AvgIpc) is 2.40. The monoisotopic (exact) mass is 234 g/mol. The summed E-state index contributed by atoms with van der Waals surface area (Å²) in [6.45, 7) is 4.96. The van der Waals surface area contributed by atoms with Gasteiger partial charge in [0, 0.05) is 25.7 Å². The molecule has 1 aliphatic heterocycles. The van der Waals surface area contributed by atoms with Crippen LogP contribution in [-0.2, 0) is 4.74 Å². The molecule has 1 fully saturated rings. The molecule has 0 aliphatic carbocycles. The number of hydrogen-bond acceptors (Lipinski definition) is 4. The van der Waals surface area contributed by atoms with Crippen LogP contribution in [0.4, 0.5) is 0 Å². The van der Waals surface area contributed by atoms with Crippen LogP contribution in [0.1, 0.15) is 28.9 Å².